The zero-order valence-corrected chi connectivity index (χ0v) is 12.2. The molecule has 2 heterocycles. The number of carbonyl (C=O) groups is 1. The van der Waals surface area contributed by atoms with Gasteiger partial charge in [-0.25, -0.2) is 0 Å². The predicted molar refractivity (Wildman–Crippen MR) is 81.6 cm³/mol. The van der Waals surface area contributed by atoms with Gasteiger partial charge in [-0.3, -0.25) is 4.79 Å². The first-order valence-electron chi connectivity index (χ1n) is 11.1. The number of ether oxygens (including phenoxy) is 2. The number of likely N-dealkylation sites (tertiary alicyclic amines) is 1. The highest BCUT2D eigenvalue weighted by molar-refractivity contribution is 5.89. The molecule has 4 atom stereocenters. The minimum Gasteiger partial charge on any atom is -0.493 e. The lowest BCUT2D eigenvalue weighted by Crippen LogP contribution is -2.65. The molecule has 2 aliphatic heterocycles. The molecule has 2 fully saturated rings. The van der Waals surface area contributed by atoms with Crippen molar-refractivity contribution in [2.45, 2.75) is 43.2 Å². The lowest BCUT2D eigenvalue weighted by Gasteiger charge is -2.57. The summed E-state index contributed by atoms with van der Waals surface area (Å²) < 4.78 is 69.9. The Morgan fingerprint density at radius 3 is 3.36 bits per heavy atom. The summed E-state index contributed by atoms with van der Waals surface area (Å²) in [6, 6.07) is 0.822. The second-order valence-electron chi connectivity index (χ2n) is 6.48. The van der Waals surface area contributed by atoms with Crippen molar-refractivity contribution in [1.82, 2.24) is 4.90 Å². The SMILES string of the molecule is [2H]C([2H])([2H])Oc1ccc2c3c1OC1C(=O)CC[C@]4([2H])[C@@]31CCN(C)[C@]4([2H])C2([2H])[2H]. The van der Waals surface area contributed by atoms with E-state index in [0.717, 1.165) is 0 Å². The predicted octanol–water partition coefficient (Wildman–Crippen LogP) is 1.93. The fraction of sp³-hybridized carbons (Fsp3) is 0.611. The van der Waals surface area contributed by atoms with E-state index in [0.29, 0.717) is 18.5 Å². The summed E-state index contributed by atoms with van der Waals surface area (Å²) in [6.45, 7) is 0.319. The number of rotatable bonds is 1. The lowest BCUT2D eigenvalue weighted by molar-refractivity contribution is -0.138. The molecule has 2 aliphatic carbocycles. The Bertz CT molecular complexity index is 950. The van der Waals surface area contributed by atoms with Crippen molar-refractivity contribution in [3.63, 3.8) is 0 Å². The molecule has 116 valence electrons. The molecule has 1 spiro atoms. The quantitative estimate of drug-likeness (QED) is 0.795. The summed E-state index contributed by atoms with van der Waals surface area (Å²) in [5, 5.41) is 0. The van der Waals surface area contributed by atoms with Crippen molar-refractivity contribution >= 4 is 5.78 Å². The van der Waals surface area contributed by atoms with E-state index in [2.05, 4.69) is 0 Å². The van der Waals surface area contributed by atoms with Crippen molar-refractivity contribution in [2.24, 2.45) is 5.89 Å². The maximum atomic E-state index is 12.9. The van der Waals surface area contributed by atoms with Crippen molar-refractivity contribution in [3.8, 4) is 11.5 Å². The molecule has 1 saturated carbocycles. The first-order valence-corrected chi connectivity index (χ1v) is 7.59. The third-order valence-electron chi connectivity index (χ3n) is 5.58. The fourth-order valence-corrected chi connectivity index (χ4v) is 4.63. The third-order valence-corrected chi connectivity index (χ3v) is 5.58. The van der Waals surface area contributed by atoms with Crippen molar-refractivity contribution in [2.75, 3.05) is 20.6 Å². The normalized spacial score (nSPS) is 52.7. The lowest BCUT2D eigenvalue weighted by atomic mass is 9.52. The largest absolute Gasteiger partial charge is 0.493 e. The Morgan fingerprint density at radius 1 is 1.59 bits per heavy atom. The standard InChI is InChI=1S/C18H21NO3/c1-19-8-7-18-11-4-5-13(20)17(18)22-16-14(21-2)6-3-10(15(16)18)9-12(11)19/h3,6,11-12,17H,4-5,7-9H2,1-2H3/t11-,12+,17?,18-/m0/s1/i2D3,9D2,11D,12D. The number of hydrogen-bond donors (Lipinski definition) is 0. The highest BCUT2D eigenvalue weighted by atomic mass is 16.5. The summed E-state index contributed by atoms with van der Waals surface area (Å²) in [5.41, 5.74) is -0.693. The maximum absolute atomic E-state index is 12.9. The van der Waals surface area contributed by atoms with Crippen LogP contribution in [0.4, 0.5) is 0 Å². The van der Waals surface area contributed by atoms with E-state index < -0.39 is 36.8 Å². The smallest absolute Gasteiger partial charge is 0.174 e. The topological polar surface area (TPSA) is 38.8 Å². The molecule has 1 saturated heterocycles. The number of hydrogen-bond acceptors (Lipinski definition) is 4. The monoisotopic (exact) mass is 306 g/mol. The molecule has 0 radical (unpaired) electrons. The van der Waals surface area contributed by atoms with Crippen LogP contribution in [0.5, 0.6) is 11.5 Å². The van der Waals surface area contributed by atoms with Gasteiger partial charge in [-0.05, 0) is 50.3 Å². The van der Waals surface area contributed by atoms with Crippen LogP contribution in [-0.4, -0.2) is 43.4 Å². The van der Waals surface area contributed by atoms with Gasteiger partial charge in [0.25, 0.3) is 0 Å². The zero-order valence-electron chi connectivity index (χ0n) is 19.2. The van der Waals surface area contributed by atoms with Gasteiger partial charge in [0.1, 0.15) is 0 Å². The highest BCUT2D eigenvalue weighted by Crippen LogP contribution is 2.62. The molecular formula is C18H21NO3. The second-order valence-corrected chi connectivity index (χ2v) is 6.48. The van der Waals surface area contributed by atoms with Crippen LogP contribution in [-0.2, 0) is 16.6 Å². The van der Waals surface area contributed by atoms with Crippen molar-refractivity contribution in [3.05, 3.63) is 23.3 Å². The van der Waals surface area contributed by atoms with Gasteiger partial charge in [0.2, 0.25) is 0 Å². The minimum absolute atomic E-state index is 0.0131. The Kier molecular flexibility index (Phi) is 1.44. The van der Waals surface area contributed by atoms with Crippen LogP contribution in [0.15, 0.2) is 12.1 Å². The molecular weight excluding hydrogens is 278 g/mol. The fourth-order valence-electron chi connectivity index (χ4n) is 4.63. The zero-order chi connectivity index (χ0) is 21.2. The number of likely N-dealkylation sites (N-methyl/N-ethyl adjacent to an activating group) is 1. The van der Waals surface area contributed by atoms with Crippen molar-refractivity contribution in [1.29, 1.82) is 0 Å². The average Bonchev–Trinajstić information content (AvgIpc) is 2.97. The molecule has 1 unspecified atom stereocenters. The van der Waals surface area contributed by atoms with Gasteiger partial charge >= 0.3 is 0 Å². The number of ketones is 1. The Morgan fingerprint density at radius 2 is 2.50 bits per heavy atom. The Labute approximate surface area is 140 Å². The molecule has 5 rings (SSSR count). The van der Waals surface area contributed by atoms with Crippen LogP contribution in [0.2, 0.25) is 0 Å². The molecule has 1 aromatic carbocycles. The van der Waals surface area contributed by atoms with Gasteiger partial charge in [0.15, 0.2) is 23.4 Å². The minimum atomic E-state index is -2.75. The molecule has 4 nitrogen and oxygen atoms in total. The summed E-state index contributed by atoms with van der Waals surface area (Å²) >= 11 is 0. The molecule has 0 N–H and O–H groups in total. The summed E-state index contributed by atoms with van der Waals surface area (Å²) in [5.74, 6) is -1.91. The van der Waals surface area contributed by atoms with E-state index in [1.165, 1.54) is 12.1 Å². The van der Waals surface area contributed by atoms with Gasteiger partial charge in [0, 0.05) is 28.9 Å². The number of benzene rings is 1. The number of methoxy groups -OCH3 is 1. The number of carbonyl (C=O) groups excluding carboxylic acids is 1. The Balaban J connectivity index is 1.88. The third kappa shape index (κ3) is 1.27. The number of piperidine rings is 1. The van der Waals surface area contributed by atoms with Crippen molar-refractivity contribution < 1.29 is 23.9 Å². The van der Waals surface area contributed by atoms with E-state index >= 15 is 0 Å². The molecule has 0 aromatic heterocycles. The molecule has 2 bridgehead atoms. The molecule has 1 aromatic rings. The van der Waals surface area contributed by atoms with Gasteiger partial charge in [-0.1, -0.05) is 6.07 Å². The maximum Gasteiger partial charge on any atom is 0.174 e. The van der Waals surface area contributed by atoms with Crippen LogP contribution in [0.25, 0.3) is 0 Å². The summed E-state index contributed by atoms with van der Waals surface area (Å²) in [7, 11) is -1.10. The van der Waals surface area contributed by atoms with Gasteiger partial charge in [0.05, 0.1) is 11.2 Å². The molecule has 22 heavy (non-hydrogen) atoms. The van der Waals surface area contributed by atoms with E-state index in [4.69, 9.17) is 16.3 Å². The van der Waals surface area contributed by atoms with E-state index in [9.17, 15) is 7.54 Å². The van der Waals surface area contributed by atoms with E-state index in [1.807, 2.05) is 0 Å². The van der Waals surface area contributed by atoms with E-state index in [-0.39, 0.29) is 35.7 Å². The van der Waals surface area contributed by atoms with Gasteiger partial charge in [-0.15, -0.1) is 0 Å². The van der Waals surface area contributed by atoms with E-state index in [1.54, 1.807) is 11.9 Å². The highest BCUT2D eigenvalue weighted by Gasteiger charge is 2.65. The molecule has 4 aliphatic rings. The van der Waals surface area contributed by atoms with Crippen LogP contribution >= 0.6 is 0 Å². The molecule has 4 heteroatoms. The van der Waals surface area contributed by atoms with Gasteiger partial charge < -0.3 is 14.4 Å². The summed E-state index contributed by atoms with van der Waals surface area (Å²) in [4.78, 5) is 14.5. The summed E-state index contributed by atoms with van der Waals surface area (Å²) in [6.07, 6.45) is -2.88. The van der Waals surface area contributed by atoms with Gasteiger partial charge in [-0.2, -0.15) is 0 Å². The van der Waals surface area contributed by atoms with Crippen LogP contribution < -0.4 is 9.47 Å². The first kappa shape index (κ1) is 7.82. The van der Waals surface area contributed by atoms with Crippen LogP contribution in [0.1, 0.15) is 40.0 Å². The van der Waals surface area contributed by atoms with Crippen LogP contribution in [0.3, 0.4) is 0 Å². The van der Waals surface area contributed by atoms with Crippen LogP contribution in [0, 0.1) is 5.89 Å². The first-order chi connectivity index (χ1) is 13.3. The number of nitrogens with zero attached hydrogens (tertiary/aromatic N) is 1. The molecule has 0 amide bonds. The average molecular weight is 306 g/mol. The Hall–Kier alpha value is -1.55. The number of Topliss-reactive ketones (excluding diaryl/α,β-unsaturated/α-hetero) is 1. The second kappa shape index (κ2) is 4.05.